The molecule has 1 fully saturated rings. The third-order valence-corrected chi connectivity index (χ3v) is 3.40. The number of rotatable bonds is 5. The summed E-state index contributed by atoms with van der Waals surface area (Å²) >= 11 is 0. The highest BCUT2D eigenvalue weighted by atomic mass is 16.6. The number of piperidine rings is 1. The van der Waals surface area contributed by atoms with Crippen molar-refractivity contribution < 1.29 is 14.3 Å². The van der Waals surface area contributed by atoms with Crippen molar-refractivity contribution in [3.63, 3.8) is 0 Å². The van der Waals surface area contributed by atoms with Gasteiger partial charge in [-0.3, -0.25) is 4.79 Å². The zero-order valence-corrected chi connectivity index (χ0v) is 11.4. The zero-order valence-electron chi connectivity index (χ0n) is 11.4. The Bertz CT molecular complexity index is 399. The molecule has 0 saturated carbocycles. The fraction of sp³-hybridized carbons (Fsp3) is 0.533. The van der Waals surface area contributed by atoms with Crippen LogP contribution in [-0.4, -0.2) is 31.3 Å². The maximum atomic E-state index is 12.0. The van der Waals surface area contributed by atoms with E-state index < -0.39 is 5.54 Å². The average Bonchev–Trinajstić information content (AvgIpc) is 2.45. The first-order valence-corrected chi connectivity index (χ1v) is 6.81. The van der Waals surface area contributed by atoms with E-state index in [0.29, 0.717) is 6.61 Å². The van der Waals surface area contributed by atoms with Crippen LogP contribution in [0.3, 0.4) is 0 Å². The van der Waals surface area contributed by atoms with Gasteiger partial charge in [0.25, 0.3) is 0 Å². The lowest BCUT2D eigenvalue weighted by Crippen LogP contribution is -2.53. The van der Waals surface area contributed by atoms with E-state index in [1.807, 2.05) is 37.3 Å². The normalized spacial score (nSPS) is 22.8. The molecule has 0 radical (unpaired) electrons. The molecule has 1 heterocycles. The predicted octanol–water partition coefficient (Wildman–Crippen LogP) is 2.14. The van der Waals surface area contributed by atoms with E-state index in [1.165, 1.54) is 0 Å². The smallest absolute Gasteiger partial charge is 0.326 e. The first-order valence-electron chi connectivity index (χ1n) is 6.81. The van der Waals surface area contributed by atoms with Gasteiger partial charge < -0.3 is 14.8 Å². The van der Waals surface area contributed by atoms with Crippen LogP contribution in [0, 0.1) is 0 Å². The minimum absolute atomic E-state index is 0.177. The Kier molecular flexibility index (Phi) is 4.80. The van der Waals surface area contributed by atoms with Crippen LogP contribution in [0.5, 0.6) is 5.75 Å². The maximum Gasteiger partial charge on any atom is 0.326 e. The molecule has 2 rings (SSSR count). The monoisotopic (exact) mass is 263 g/mol. The Balaban J connectivity index is 1.69. The number of para-hydroxylation sites is 1. The van der Waals surface area contributed by atoms with E-state index in [1.54, 1.807) is 0 Å². The number of carbonyl (C=O) groups excluding carboxylic acids is 1. The summed E-state index contributed by atoms with van der Waals surface area (Å²) in [7, 11) is 0. The molecule has 1 aromatic carbocycles. The van der Waals surface area contributed by atoms with Crippen molar-refractivity contribution in [1.29, 1.82) is 0 Å². The van der Waals surface area contributed by atoms with Crippen LogP contribution >= 0.6 is 0 Å². The van der Waals surface area contributed by atoms with Gasteiger partial charge in [-0.25, -0.2) is 0 Å². The Labute approximate surface area is 114 Å². The molecule has 0 spiro atoms. The standard InChI is InChI=1S/C15H21NO3/c1-15(9-5-6-10-16-15)14(17)19-12-11-18-13-7-3-2-4-8-13/h2-4,7-8,16H,5-6,9-12H2,1H3. The summed E-state index contributed by atoms with van der Waals surface area (Å²) in [5.74, 6) is 0.615. The molecule has 1 saturated heterocycles. The molecule has 4 heteroatoms. The molecule has 0 amide bonds. The van der Waals surface area contributed by atoms with E-state index in [-0.39, 0.29) is 12.6 Å². The van der Waals surface area contributed by atoms with E-state index in [9.17, 15) is 4.79 Å². The van der Waals surface area contributed by atoms with Crippen LogP contribution in [0.2, 0.25) is 0 Å². The molecule has 0 aliphatic carbocycles. The molecular formula is C15H21NO3. The third kappa shape index (κ3) is 3.96. The molecule has 0 aromatic heterocycles. The van der Waals surface area contributed by atoms with Gasteiger partial charge in [-0.2, -0.15) is 0 Å². The van der Waals surface area contributed by atoms with E-state index >= 15 is 0 Å². The van der Waals surface area contributed by atoms with Crippen LogP contribution in [0.1, 0.15) is 26.2 Å². The molecular weight excluding hydrogens is 242 g/mol. The van der Waals surface area contributed by atoms with Crippen LogP contribution in [0.4, 0.5) is 0 Å². The molecule has 1 aliphatic heterocycles. The lowest BCUT2D eigenvalue weighted by molar-refractivity contribution is -0.152. The van der Waals surface area contributed by atoms with Gasteiger partial charge in [0.1, 0.15) is 24.5 Å². The van der Waals surface area contributed by atoms with E-state index in [2.05, 4.69) is 5.32 Å². The second kappa shape index (κ2) is 6.57. The van der Waals surface area contributed by atoms with Gasteiger partial charge in [0.15, 0.2) is 0 Å². The van der Waals surface area contributed by atoms with Crippen molar-refractivity contribution in [2.75, 3.05) is 19.8 Å². The minimum atomic E-state index is -0.523. The highest BCUT2D eigenvalue weighted by Gasteiger charge is 2.35. The number of carbonyl (C=O) groups is 1. The van der Waals surface area contributed by atoms with E-state index in [0.717, 1.165) is 31.6 Å². The Morgan fingerprint density at radius 3 is 2.74 bits per heavy atom. The van der Waals surface area contributed by atoms with Gasteiger partial charge in [0.2, 0.25) is 0 Å². The predicted molar refractivity (Wildman–Crippen MR) is 73.2 cm³/mol. The van der Waals surface area contributed by atoms with Gasteiger partial charge >= 0.3 is 5.97 Å². The Hall–Kier alpha value is -1.55. The topological polar surface area (TPSA) is 47.6 Å². The number of benzene rings is 1. The number of nitrogens with one attached hydrogen (secondary N) is 1. The fourth-order valence-electron chi connectivity index (χ4n) is 2.20. The summed E-state index contributed by atoms with van der Waals surface area (Å²) in [4.78, 5) is 12.0. The molecule has 1 aromatic rings. The minimum Gasteiger partial charge on any atom is -0.490 e. The Morgan fingerprint density at radius 1 is 1.26 bits per heavy atom. The highest BCUT2D eigenvalue weighted by molar-refractivity contribution is 5.80. The molecule has 19 heavy (non-hydrogen) atoms. The zero-order chi connectivity index (χ0) is 13.6. The lowest BCUT2D eigenvalue weighted by Gasteiger charge is -2.32. The molecule has 104 valence electrons. The van der Waals surface area contributed by atoms with Crippen LogP contribution in [-0.2, 0) is 9.53 Å². The first kappa shape index (κ1) is 13.9. The van der Waals surface area contributed by atoms with Crippen molar-refractivity contribution in [2.45, 2.75) is 31.7 Å². The molecule has 0 bridgehead atoms. The van der Waals surface area contributed by atoms with Gasteiger partial charge in [-0.05, 0) is 44.9 Å². The van der Waals surface area contributed by atoms with E-state index in [4.69, 9.17) is 9.47 Å². The van der Waals surface area contributed by atoms with Gasteiger partial charge in [0, 0.05) is 0 Å². The fourth-order valence-corrected chi connectivity index (χ4v) is 2.20. The lowest BCUT2D eigenvalue weighted by atomic mass is 9.91. The second-order valence-electron chi connectivity index (χ2n) is 5.01. The summed E-state index contributed by atoms with van der Waals surface area (Å²) in [5, 5.41) is 3.24. The summed E-state index contributed by atoms with van der Waals surface area (Å²) in [6, 6.07) is 9.52. The van der Waals surface area contributed by atoms with Crippen molar-refractivity contribution in [3.05, 3.63) is 30.3 Å². The third-order valence-electron chi connectivity index (χ3n) is 3.40. The van der Waals surface area contributed by atoms with Crippen molar-refractivity contribution in [1.82, 2.24) is 5.32 Å². The van der Waals surface area contributed by atoms with Crippen LogP contribution < -0.4 is 10.1 Å². The summed E-state index contributed by atoms with van der Waals surface area (Å²) in [6.07, 6.45) is 3.03. The summed E-state index contributed by atoms with van der Waals surface area (Å²) in [5.41, 5.74) is -0.523. The first-order chi connectivity index (χ1) is 9.21. The second-order valence-corrected chi connectivity index (χ2v) is 5.01. The van der Waals surface area contributed by atoms with Gasteiger partial charge in [-0.15, -0.1) is 0 Å². The summed E-state index contributed by atoms with van der Waals surface area (Å²) < 4.78 is 10.8. The maximum absolute atomic E-state index is 12.0. The number of hydrogen-bond donors (Lipinski definition) is 1. The van der Waals surface area contributed by atoms with Crippen LogP contribution in [0.25, 0.3) is 0 Å². The number of esters is 1. The molecule has 1 aliphatic rings. The average molecular weight is 263 g/mol. The molecule has 1 unspecified atom stereocenters. The number of ether oxygens (including phenoxy) is 2. The summed E-state index contributed by atoms with van der Waals surface area (Å²) in [6.45, 7) is 3.45. The van der Waals surface area contributed by atoms with Crippen molar-refractivity contribution in [3.8, 4) is 5.75 Å². The van der Waals surface area contributed by atoms with Crippen LogP contribution in [0.15, 0.2) is 30.3 Å². The largest absolute Gasteiger partial charge is 0.490 e. The molecule has 1 N–H and O–H groups in total. The highest BCUT2D eigenvalue weighted by Crippen LogP contribution is 2.20. The number of hydrogen-bond acceptors (Lipinski definition) is 4. The van der Waals surface area contributed by atoms with Gasteiger partial charge in [-0.1, -0.05) is 18.2 Å². The van der Waals surface area contributed by atoms with Crippen molar-refractivity contribution >= 4 is 5.97 Å². The Morgan fingerprint density at radius 2 is 2.05 bits per heavy atom. The quantitative estimate of drug-likeness (QED) is 0.653. The van der Waals surface area contributed by atoms with Crippen molar-refractivity contribution in [2.24, 2.45) is 0 Å². The molecule has 1 atom stereocenters. The SMILES string of the molecule is CC1(C(=O)OCCOc2ccccc2)CCCCN1. The molecule has 4 nitrogen and oxygen atoms in total. The van der Waals surface area contributed by atoms with Gasteiger partial charge in [0.05, 0.1) is 0 Å².